The summed E-state index contributed by atoms with van der Waals surface area (Å²) in [4.78, 5) is 12.1. The molecular formula is C16H19N3O. The van der Waals surface area contributed by atoms with Crippen LogP contribution in [0.4, 0.5) is 5.69 Å². The van der Waals surface area contributed by atoms with Gasteiger partial charge in [-0.2, -0.15) is 5.10 Å². The van der Waals surface area contributed by atoms with Crippen molar-refractivity contribution in [3.05, 3.63) is 52.8 Å². The van der Waals surface area contributed by atoms with Gasteiger partial charge in [0.1, 0.15) is 0 Å². The lowest BCUT2D eigenvalue weighted by atomic mass is 10.1. The van der Waals surface area contributed by atoms with E-state index in [1.54, 1.807) is 6.07 Å². The van der Waals surface area contributed by atoms with E-state index in [0.717, 1.165) is 16.9 Å². The zero-order valence-electron chi connectivity index (χ0n) is 12.3. The van der Waals surface area contributed by atoms with Crippen molar-refractivity contribution in [3.8, 4) is 0 Å². The van der Waals surface area contributed by atoms with E-state index in [0.29, 0.717) is 11.6 Å². The second-order valence-corrected chi connectivity index (χ2v) is 5.25. The molecule has 0 aliphatic heterocycles. The van der Waals surface area contributed by atoms with Crippen molar-refractivity contribution in [3.63, 3.8) is 0 Å². The Morgan fingerprint density at radius 1 is 1.05 bits per heavy atom. The molecule has 0 atom stereocenters. The minimum Gasteiger partial charge on any atom is -0.321 e. The number of rotatable bonds is 3. The van der Waals surface area contributed by atoms with Crippen LogP contribution in [0.25, 0.3) is 0 Å². The third-order valence-corrected chi connectivity index (χ3v) is 3.27. The van der Waals surface area contributed by atoms with Gasteiger partial charge in [-0.1, -0.05) is 19.9 Å². The van der Waals surface area contributed by atoms with Crippen LogP contribution in [0.15, 0.2) is 30.3 Å². The first-order valence-electron chi connectivity index (χ1n) is 6.69. The highest BCUT2D eigenvalue weighted by Crippen LogP contribution is 2.15. The number of aromatic nitrogens is 2. The molecule has 1 amide bonds. The molecule has 4 heteroatoms. The molecule has 1 heterocycles. The number of carbonyl (C=O) groups excluding carboxylic acids is 1. The van der Waals surface area contributed by atoms with Crippen LogP contribution in [0.5, 0.6) is 0 Å². The quantitative estimate of drug-likeness (QED) is 0.928. The van der Waals surface area contributed by atoms with Crippen molar-refractivity contribution in [2.45, 2.75) is 33.6 Å². The Morgan fingerprint density at radius 2 is 1.80 bits per heavy atom. The number of hydrogen-bond acceptors (Lipinski definition) is 3. The monoisotopic (exact) mass is 269 g/mol. The van der Waals surface area contributed by atoms with Crippen LogP contribution in [-0.4, -0.2) is 16.1 Å². The summed E-state index contributed by atoms with van der Waals surface area (Å²) in [5.74, 6) is 0.0652. The molecule has 0 unspecified atom stereocenters. The Morgan fingerprint density at radius 3 is 2.35 bits per heavy atom. The number of nitrogens with one attached hydrogen (secondary N) is 1. The van der Waals surface area contributed by atoms with Crippen molar-refractivity contribution in [2.24, 2.45) is 0 Å². The predicted octanol–water partition coefficient (Wildman–Crippen LogP) is 3.47. The molecule has 0 aliphatic rings. The summed E-state index contributed by atoms with van der Waals surface area (Å²) in [6, 6.07) is 9.36. The molecule has 0 bridgehead atoms. The van der Waals surface area contributed by atoms with Gasteiger partial charge in [-0.25, -0.2) is 0 Å². The summed E-state index contributed by atoms with van der Waals surface area (Å²) < 4.78 is 0. The lowest BCUT2D eigenvalue weighted by molar-refractivity contribution is 0.102. The van der Waals surface area contributed by atoms with E-state index in [1.165, 1.54) is 5.56 Å². The number of amides is 1. The molecule has 0 saturated heterocycles. The summed E-state index contributed by atoms with van der Waals surface area (Å²) in [7, 11) is 0. The Hall–Kier alpha value is -2.23. The number of hydrogen-bond donors (Lipinski definition) is 1. The predicted molar refractivity (Wildman–Crippen MR) is 80.0 cm³/mol. The zero-order chi connectivity index (χ0) is 14.7. The number of carbonyl (C=O) groups is 1. The Labute approximate surface area is 119 Å². The standard InChI is InChI=1S/C16H19N3O/c1-10(2)14-7-8-15(19-18-14)16(20)17-13-6-5-11(3)12(4)9-13/h5-10H,1-4H3,(H,17,20). The van der Waals surface area contributed by atoms with Crippen LogP contribution in [0.2, 0.25) is 0 Å². The molecule has 1 aromatic heterocycles. The summed E-state index contributed by atoms with van der Waals surface area (Å²) in [6.07, 6.45) is 0. The van der Waals surface area contributed by atoms with Gasteiger partial charge in [-0.3, -0.25) is 4.79 Å². The smallest absolute Gasteiger partial charge is 0.276 e. The second-order valence-electron chi connectivity index (χ2n) is 5.25. The van der Waals surface area contributed by atoms with E-state index in [2.05, 4.69) is 15.5 Å². The van der Waals surface area contributed by atoms with Gasteiger partial charge in [0.05, 0.1) is 5.69 Å². The van der Waals surface area contributed by atoms with E-state index in [9.17, 15) is 4.79 Å². The third kappa shape index (κ3) is 3.20. The normalized spacial score (nSPS) is 10.7. The molecule has 1 aromatic carbocycles. The Kier molecular flexibility index (Phi) is 4.13. The number of anilines is 1. The number of benzene rings is 1. The van der Waals surface area contributed by atoms with Crippen molar-refractivity contribution in [1.82, 2.24) is 10.2 Å². The lowest BCUT2D eigenvalue weighted by Crippen LogP contribution is -2.15. The molecule has 0 spiro atoms. The molecule has 2 rings (SSSR count). The fourth-order valence-corrected chi connectivity index (χ4v) is 1.79. The molecule has 104 valence electrons. The summed E-state index contributed by atoms with van der Waals surface area (Å²) in [6.45, 7) is 8.14. The van der Waals surface area contributed by atoms with Crippen molar-refractivity contribution >= 4 is 11.6 Å². The molecule has 20 heavy (non-hydrogen) atoms. The maximum atomic E-state index is 12.1. The van der Waals surface area contributed by atoms with Gasteiger partial charge in [0.15, 0.2) is 5.69 Å². The topological polar surface area (TPSA) is 54.9 Å². The van der Waals surface area contributed by atoms with Crippen molar-refractivity contribution in [1.29, 1.82) is 0 Å². The highest BCUT2D eigenvalue weighted by Gasteiger charge is 2.10. The van der Waals surface area contributed by atoms with Crippen LogP contribution in [0.1, 0.15) is 47.1 Å². The van der Waals surface area contributed by atoms with Gasteiger partial charge in [-0.15, -0.1) is 5.10 Å². The highest BCUT2D eigenvalue weighted by atomic mass is 16.1. The molecule has 0 saturated carbocycles. The zero-order valence-corrected chi connectivity index (χ0v) is 12.3. The molecule has 0 aliphatic carbocycles. The van der Waals surface area contributed by atoms with Gasteiger partial charge < -0.3 is 5.32 Å². The largest absolute Gasteiger partial charge is 0.321 e. The average Bonchev–Trinajstić information content (AvgIpc) is 2.43. The van der Waals surface area contributed by atoms with Crippen LogP contribution < -0.4 is 5.32 Å². The average molecular weight is 269 g/mol. The lowest BCUT2D eigenvalue weighted by Gasteiger charge is -2.08. The molecular weight excluding hydrogens is 250 g/mol. The maximum absolute atomic E-state index is 12.1. The van der Waals surface area contributed by atoms with E-state index in [4.69, 9.17) is 0 Å². The molecule has 2 aromatic rings. The maximum Gasteiger partial charge on any atom is 0.276 e. The van der Waals surface area contributed by atoms with Crippen LogP contribution in [0.3, 0.4) is 0 Å². The Balaban J connectivity index is 2.13. The van der Waals surface area contributed by atoms with Gasteiger partial charge in [-0.05, 0) is 55.2 Å². The second kappa shape index (κ2) is 5.82. The minimum atomic E-state index is -0.240. The molecule has 4 nitrogen and oxygen atoms in total. The highest BCUT2D eigenvalue weighted by molar-refractivity contribution is 6.02. The first-order chi connectivity index (χ1) is 9.47. The summed E-state index contributed by atoms with van der Waals surface area (Å²) >= 11 is 0. The molecule has 0 radical (unpaired) electrons. The fourth-order valence-electron chi connectivity index (χ4n) is 1.79. The number of aryl methyl sites for hydroxylation is 2. The summed E-state index contributed by atoms with van der Waals surface area (Å²) in [5, 5.41) is 10.9. The summed E-state index contributed by atoms with van der Waals surface area (Å²) in [5.41, 5.74) is 4.32. The van der Waals surface area contributed by atoms with Crippen molar-refractivity contribution < 1.29 is 4.79 Å². The number of nitrogens with zero attached hydrogens (tertiary/aromatic N) is 2. The van der Waals surface area contributed by atoms with E-state index in [-0.39, 0.29) is 5.91 Å². The SMILES string of the molecule is Cc1ccc(NC(=O)c2ccc(C(C)C)nn2)cc1C. The van der Waals surface area contributed by atoms with Crippen LogP contribution in [-0.2, 0) is 0 Å². The van der Waals surface area contributed by atoms with E-state index < -0.39 is 0 Å². The first-order valence-corrected chi connectivity index (χ1v) is 6.69. The van der Waals surface area contributed by atoms with Gasteiger partial charge >= 0.3 is 0 Å². The minimum absolute atomic E-state index is 0.240. The first kappa shape index (κ1) is 14.2. The molecule has 1 N–H and O–H groups in total. The van der Waals surface area contributed by atoms with E-state index in [1.807, 2.05) is 52.0 Å². The molecule has 0 fully saturated rings. The van der Waals surface area contributed by atoms with Crippen molar-refractivity contribution in [2.75, 3.05) is 5.32 Å². The van der Waals surface area contributed by atoms with Gasteiger partial charge in [0.2, 0.25) is 0 Å². The van der Waals surface area contributed by atoms with E-state index >= 15 is 0 Å². The third-order valence-electron chi connectivity index (χ3n) is 3.27. The fraction of sp³-hybridized carbons (Fsp3) is 0.312. The van der Waals surface area contributed by atoms with Gasteiger partial charge in [0.25, 0.3) is 5.91 Å². The van der Waals surface area contributed by atoms with Crippen LogP contribution in [0, 0.1) is 13.8 Å². The van der Waals surface area contributed by atoms with Crippen LogP contribution >= 0.6 is 0 Å². The Bertz CT molecular complexity index is 618. The van der Waals surface area contributed by atoms with Gasteiger partial charge in [0, 0.05) is 5.69 Å².